The number of benzene rings is 1. The zero-order valence-corrected chi connectivity index (χ0v) is 9.91. The van der Waals surface area contributed by atoms with E-state index in [9.17, 15) is 0 Å². The second-order valence-corrected chi connectivity index (χ2v) is 5.17. The molecule has 76 valence electrons. The van der Waals surface area contributed by atoms with Gasteiger partial charge in [-0.2, -0.15) is 0 Å². The highest BCUT2D eigenvalue weighted by Gasteiger charge is 2.29. The van der Waals surface area contributed by atoms with Gasteiger partial charge in [0.15, 0.2) is 0 Å². The number of hydrogen-bond donors (Lipinski definition) is 0. The fourth-order valence-corrected chi connectivity index (χ4v) is 2.54. The van der Waals surface area contributed by atoms with Crippen molar-refractivity contribution in [1.29, 1.82) is 0 Å². The second-order valence-electron chi connectivity index (χ2n) is 3.88. The minimum absolute atomic E-state index is 0.223. The fourth-order valence-electron chi connectivity index (χ4n) is 1.70. The molecule has 2 heteroatoms. The minimum Gasteiger partial charge on any atom is -0.371 e. The third-order valence-electron chi connectivity index (χ3n) is 2.70. The molecule has 0 aromatic heterocycles. The van der Waals surface area contributed by atoms with Crippen molar-refractivity contribution in [2.24, 2.45) is 0 Å². The molecule has 0 bridgehead atoms. The molecule has 14 heavy (non-hydrogen) atoms. The van der Waals surface area contributed by atoms with Crippen molar-refractivity contribution in [3.8, 4) is 0 Å². The van der Waals surface area contributed by atoms with E-state index < -0.39 is 0 Å². The Kier molecular flexibility index (Phi) is 3.24. The first-order chi connectivity index (χ1) is 6.75. The number of halogens is 1. The van der Waals surface area contributed by atoms with Crippen LogP contribution in [0.1, 0.15) is 31.4 Å². The van der Waals surface area contributed by atoms with Gasteiger partial charge in [0.05, 0.1) is 12.2 Å². The Bertz CT molecular complexity index is 280. The molecule has 0 amide bonds. The highest BCUT2D eigenvalue weighted by Crippen LogP contribution is 2.33. The Hall–Kier alpha value is -0.340. The number of ether oxygens (including phenoxy) is 1. The smallest absolute Gasteiger partial charge is 0.0800 e. The van der Waals surface area contributed by atoms with Crippen LogP contribution >= 0.6 is 15.9 Å². The molecular weight excluding hydrogens is 240 g/mol. The predicted molar refractivity (Wildman–Crippen MR) is 61.7 cm³/mol. The largest absolute Gasteiger partial charge is 0.371 e. The van der Waals surface area contributed by atoms with Crippen molar-refractivity contribution in [1.82, 2.24) is 0 Å². The van der Waals surface area contributed by atoms with E-state index in [4.69, 9.17) is 4.74 Å². The van der Waals surface area contributed by atoms with Gasteiger partial charge in [0.1, 0.15) is 0 Å². The summed E-state index contributed by atoms with van der Waals surface area (Å²) < 4.78 is 5.91. The third-order valence-corrected chi connectivity index (χ3v) is 3.45. The average molecular weight is 255 g/mol. The molecule has 1 aromatic rings. The molecule has 1 atom stereocenters. The molecule has 1 fully saturated rings. The molecule has 2 rings (SSSR count). The Balaban J connectivity index is 1.87. The number of rotatable bonds is 3. The van der Waals surface area contributed by atoms with Crippen LogP contribution in [0.25, 0.3) is 0 Å². The molecular formula is C12H15BrO. The van der Waals surface area contributed by atoms with E-state index >= 15 is 0 Å². The topological polar surface area (TPSA) is 9.23 Å². The van der Waals surface area contributed by atoms with Gasteiger partial charge in [-0.25, -0.2) is 0 Å². The van der Waals surface area contributed by atoms with Gasteiger partial charge in [-0.15, -0.1) is 0 Å². The second kappa shape index (κ2) is 4.45. The Labute approximate surface area is 93.6 Å². The highest BCUT2D eigenvalue weighted by molar-refractivity contribution is 9.09. The van der Waals surface area contributed by atoms with Crippen LogP contribution in [0.4, 0.5) is 0 Å². The van der Waals surface area contributed by atoms with Crippen molar-refractivity contribution in [3.05, 3.63) is 35.9 Å². The maximum absolute atomic E-state index is 5.91. The van der Waals surface area contributed by atoms with E-state index in [1.165, 1.54) is 5.56 Å². The van der Waals surface area contributed by atoms with E-state index in [0.717, 1.165) is 12.8 Å². The van der Waals surface area contributed by atoms with E-state index in [-0.39, 0.29) is 6.10 Å². The van der Waals surface area contributed by atoms with Crippen LogP contribution in [0.2, 0.25) is 0 Å². The lowest BCUT2D eigenvalue weighted by Gasteiger charge is -2.33. The lowest BCUT2D eigenvalue weighted by Crippen LogP contribution is -2.32. The standard InChI is InChI=1S/C12H15BrO/c1-9(10-5-3-2-4-6-10)14-12-7-11(13)8-12/h2-6,9,11-12H,7-8H2,1H3. The summed E-state index contributed by atoms with van der Waals surface area (Å²) in [4.78, 5) is 0.676. The quantitative estimate of drug-likeness (QED) is 0.748. The molecule has 0 N–H and O–H groups in total. The first kappa shape index (κ1) is 10.2. The molecule has 1 saturated carbocycles. The first-order valence-corrected chi connectivity index (χ1v) is 6.02. The van der Waals surface area contributed by atoms with Crippen LogP contribution in [-0.2, 0) is 4.74 Å². The van der Waals surface area contributed by atoms with Crippen LogP contribution in [0.3, 0.4) is 0 Å². The number of alkyl halides is 1. The van der Waals surface area contributed by atoms with Crippen molar-refractivity contribution in [2.75, 3.05) is 0 Å². The fraction of sp³-hybridized carbons (Fsp3) is 0.500. The van der Waals surface area contributed by atoms with Crippen molar-refractivity contribution in [2.45, 2.75) is 36.8 Å². The van der Waals surface area contributed by atoms with Gasteiger partial charge in [-0.05, 0) is 25.3 Å². The van der Waals surface area contributed by atoms with Gasteiger partial charge in [0.25, 0.3) is 0 Å². The SMILES string of the molecule is CC(OC1CC(Br)C1)c1ccccc1. The summed E-state index contributed by atoms with van der Waals surface area (Å²) in [5, 5.41) is 0. The first-order valence-electron chi connectivity index (χ1n) is 5.10. The third kappa shape index (κ3) is 2.37. The maximum Gasteiger partial charge on any atom is 0.0800 e. The predicted octanol–water partition coefficient (Wildman–Crippen LogP) is 3.69. The van der Waals surface area contributed by atoms with Crippen LogP contribution in [0.15, 0.2) is 30.3 Å². The molecule has 1 aromatic carbocycles. The lowest BCUT2D eigenvalue weighted by atomic mass is 9.95. The number of hydrogen-bond acceptors (Lipinski definition) is 1. The Morgan fingerprint density at radius 1 is 1.29 bits per heavy atom. The van der Waals surface area contributed by atoms with Crippen LogP contribution < -0.4 is 0 Å². The van der Waals surface area contributed by atoms with E-state index in [1.807, 2.05) is 6.07 Å². The van der Waals surface area contributed by atoms with Gasteiger partial charge < -0.3 is 4.74 Å². The summed E-state index contributed by atoms with van der Waals surface area (Å²) in [6.45, 7) is 2.12. The highest BCUT2D eigenvalue weighted by atomic mass is 79.9. The summed E-state index contributed by atoms with van der Waals surface area (Å²) in [7, 11) is 0. The molecule has 1 aliphatic carbocycles. The van der Waals surface area contributed by atoms with Crippen molar-refractivity contribution < 1.29 is 4.74 Å². The van der Waals surface area contributed by atoms with Gasteiger partial charge in [-0.1, -0.05) is 46.3 Å². The molecule has 1 unspecified atom stereocenters. The molecule has 1 nitrogen and oxygen atoms in total. The van der Waals surface area contributed by atoms with Crippen LogP contribution in [0.5, 0.6) is 0 Å². The van der Waals surface area contributed by atoms with Crippen LogP contribution in [-0.4, -0.2) is 10.9 Å². The zero-order chi connectivity index (χ0) is 9.97. The Morgan fingerprint density at radius 2 is 1.93 bits per heavy atom. The molecule has 0 spiro atoms. The van der Waals surface area contributed by atoms with E-state index in [2.05, 4.69) is 47.1 Å². The normalized spacial score (nSPS) is 28.1. The summed E-state index contributed by atoms with van der Waals surface area (Å²) in [6.07, 6.45) is 2.98. The van der Waals surface area contributed by atoms with Gasteiger partial charge >= 0.3 is 0 Å². The average Bonchev–Trinajstić information content (AvgIpc) is 2.17. The maximum atomic E-state index is 5.91. The van der Waals surface area contributed by atoms with Gasteiger partial charge in [0.2, 0.25) is 0 Å². The molecule has 0 saturated heterocycles. The van der Waals surface area contributed by atoms with Gasteiger partial charge in [0, 0.05) is 4.83 Å². The molecule has 0 heterocycles. The Morgan fingerprint density at radius 3 is 2.50 bits per heavy atom. The summed E-state index contributed by atoms with van der Waals surface area (Å²) in [5.41, 5.74) is 1.27. The van der Waals surface area contributed by atoms with Crippen molar-refractivity contribution >= 4 is 15.9 Å². The molecule has 0 radical (unpaired) electrons. The summed E-state index contributed by atoms with van der Waals surface area (Å²) in [6, 6.07) is 10.4. The van der Waals surface area contributed by atoms with Crippen LogP contribution in [0, 0.1) is 0 Å². The van der Waals surface area contributed by atoms with E-state index in [1.54, 1.807) is 0 Å². The van der Waals surface area contributed by atoms with Gasteiger partial charge in [-0.3, -0.25) is 0 Å². The molecule has 1 aliphatic rings. The lowest BCUT2D eigenvalue weighted by molar-refractivity contribution is -0.0405. The summed E-state index contributed by atoms with van der Waals surface area (Å²) >= 11 is 3.57. The van der Waals surface area contributed by atoms with Crippen molar-refractivity contribution in [3.63, 3.8) is 0 Å². The minimum atomic E-state index is 0.223. The van der Waals surface area contributed by atoms with E-state index in [0.29, 0.717) is 10.9 Å². The zero-order valence-electron chi connectivity index (χ0n) is 8.32. The monoisotopic (exact) mass is 254 g/mol. The molecule has 0 aliphatic heterocycles. The summed E-state index contributed by atoms with van der Waals surface area (Å²) in [5.74, 6) is 0.